The largest absolute Gasteiger partial charge is 0.309 e. The monoisotopic (exact) mass is 313 g/mol. The second kappa shape index (κ2) is 7.19. The van der Waals surface area contributed by atoms with Gasteiger partial charge in [-0.3, -0.25) is 0 Å². The van der Waals surface area contributed by atoms with Crippen LogP contribution in [0.15, 0.2) is 18.2 Å². The lowest BCUT2D eigenvalue weighted by atomic mass is 9.98. The zero-order valence-corrected chi connectivity index (χ0v) is 14.3. The zero-order chi connectivity index (χ0) is 14.7. The van der Waals surface area contributed by atoms with E-state index in [0.717, 1.165) is 17.9 Å². The standard InChI is InChI=1S/C16H24FNS2/c1-5-18-16(14-7-6-13(17)8-10(14)2)15-9-19-11(3)12(4)20-15/h6-8,11-12,15-16,18H,5,9H2,1-4H3. The Kier molecular flexibility index (Phi) is 5.82. The van der Waals surface area contributed by atoms with E-state index < -0.39 is 0 Å². The van der Waals surface area contributed by atoms with Gasteiger partial charge in [0.2, 0.25) is 0 Å². The molecular weight excluding hydrogens is 289 g/mol. The summed E-state index contributed by atoms with van der Waals surface area (Å²) in [5.74, 6) is 1.01. The summed E-state index contributed by atoms with van der Waals surface area (Å²) in [6.45, 7) is 9.71. The fraction of sp³-hybridized carbons (Fsp3) is 0.625. The van der Waals surface area contributed by atoms with E-state index in [1.54, 1.807) is 12.1 Å². The van der Waals surface area contributed by atoms with Crippen LogP contribution in [0.4, 0.5) is 4.39 Å². The van der Waals surface area contributed by atoms with E-state index >= 15 is 0 Å². The summed E-state index contributed by atoms with van der Waals surface area (Å²) in [7, 11) is 0. The Bertz CT molecular complexity index is 452. The van der Waals surface area contributed by atoms with Crippen LogP contribution in [0.2, 0.25) is 0 Å². The molecule has 1 saturated heterocycles. The minimum Gasteiger partial charge on any atom is -0.309 e. The number of benzene rings is 1. The van der Waals surface area contributed by atoms with Crippen molar-refractivity contribution in [3.8, 4) is 0 Å². The maximum Gasteiger partial charge on any atom is 0.123 e. The smallest absolute Gasteiger partial charge is 0.123 e. The SMILES string of the molecule is CCNC(c1ccc(F)cc1C)C1CSC(C)C(C)S1. The third-order valence-electron chi connectivity index (χ3n) is 3.94. The summed E-state index contributed by atoms with van der Waals surface area (Å²) < 4.78 is 13.3. The van der Waals surface area contributed by atoms with E-state index in [1.807, 2.05) is 13.0 Å². The first kappa shape index (κ1) is 16.2. The molecule has 1 N–H and O–H groups in total. The number of hydrogen-bond acceptors (Lipinski definition) is 3. The van der Waals surface area contributed by atoms with Crippen LogP contribution >= 0.6 is 23.5 Å². The molecule has 0 amide bonds. The molecule has 4 heteroatoms. The van der Waals surface area contributed by atoms with Crippen molar-refractivity contribution >= 4 is 23.5 Å². The molecule has 20 heavy (non-hydrogen) atoms. The van der Waals surface area contributed by atoms with E-state index in [2.05, 4.69) is 49.6 Å². The van der Waals surface area contributed by atoms with Gasteiger partial charge in [0, 0.05) is 27.5 Å². The van der Waals surface area contributed by atoms with Gasteiger partial charge in [-0.25, -0.2) is 4.39 Å². The van der Waals surface area contributed by atoms with Crippen LogP contribution in [0.1, 0.15) is 37.9 Å². The molecule has 4 atom stereocenters. The lowest BCUT2D eigenvalue weighted by Crippen LogP contribution is -2.37. The molecule has 0 aliphatic carbocycles. The minimum atomic E-state index is -0.144. The van der Waals surface area contributed by atoms with Crippen LogP contribution in [0.5, 0.6) is 0 Å². The van der Waals surface area contributed by atoms with E-state index in [1.165, 1.54) is 5.56 Å². The van der Waals surface area contributed by atoms with Crippen molar-refractivity contribution in [2.75, 3.05) is 12.3 Å². The van der Waals surface area contributed by atoms with Gasteiger partial charge in [0.1, 0.15) is 5.82 Å². The van der Waals surface area contributed by atoms with Gasteiger partial charge in [0.25, 0.3) is 0 Å². The average Bonchev–Trinajstić information content (AvgIpc) is 2.40. The Morgan fingerprint density at radius 1 is 1.35 bits per heavy atom. The third-order valence-corrected chi connectivity index (χ3v) is 7.43. The molecule has 1 heterocycles. The summed E-state index contributed by atoms with van der Waals surface area (Å²) in [6.07, 6.45) is 0. The highest BCUT2D eigenvalue weighted by atomic mass is 32.2. The van der Waals surface area contributed by atoms with Crippen LogP contribution in [-0.2, 0) is 0 Å². The molecule has 0 bridgehead atoms. The summed E-state index contributed by atoms with van der Waals surface area (Å²) in [5, 5.41) is 5.54. The number of hydrogen-bond donors (Lipinski definition) is 1. The fourth-order valence-corrected chi connectivity index (χ4v) is 5.74. The summed E-state index contributed by atoms with van der Waals surface area (Å²) >= 11 is 4.13. The van der Waals surface area contributed by atoms with Crippen molar-refractivity contribution in [1.82, 2.24) is 5.32 Å². The Morgan fingerprint density at radius 2 is 2.10 bits per heavy atom. The lowest BCUT2D eigenvalue weighted by Gasteiger charge is -2.37. The van der Waals surface area contributed by atoms with Gasteiger partial charge in [-0.2, -0.15) is 23.5 Å². The molecule has 112 valence electrons. The summed E-state index contributed by atoms with van der Waals surface area (Å²) in [6, 6.07) is 5.49. The second-order valence-corrected chi connectivity index (χ2v) is 8.49. The van der Waals surface area contributed by atoms with Gasteiger partial charge < -0.3 is 5.32 Å². The molecule has 1 aliphatic heterocycles. The van der Waals surface area contributed by atoms with Gasteiger partial charge in [0.15, 0.2) is 0 Å². The molecule has 1 aromatic carbocycles. The van der Waals surface area contributed by atoms with Gasteiger partial charge in [0.05, 0.1) is 0 Å². The predicted octanol–water partition coefficient (Wildman–Crippen LogP) is 4.41. The highest BCUT2D eigenvalue weighted by Crippen LogP contribution is 2.41. The second-order valence-electron chi connectivity index (χ2n) is 5.45. The first-order valence-electron chi connectivity index (χ1n) is 7.29. The minimum absolute atomic E-state index is 0.144. The van der Waals surface area contributed by atoms with Crippen LogP contribution < -0.4 is 5.32 Å². The van der Waals surface area contributed by atoms with Crippen molar-refractivity contribution in [3.63, 3.8) is 0 Å². The van der Waals surface area contributed by atoms with E-state index in [9.17, 15) is 4.39 Å². The molecule has 0 radical (unpaired) electrons. The molecule has 1 aromatic rings. The van der Waals surface area contributed by atoms with Gasteiger partial charge in [-0.05, 0) is 36.7 Å². The van der Waals surface area contributed by atoms with Crippen LogP contribution in [0.25, 0.3) is 0 Å². The maximum atomic E-state index is 13.3. The normalized spacial score (nSPS) is 28.4. The first-order valence-corrected chi connectivity index (χ1v) is 9.28. The lowest BCUT2D eigenvalue weighted by molar-refractivity contribution is 0.542. The molecular formula is C16H24FNS2. The highest BCUT2D eigenvalue weighted by Gasteiger charge is 2.32. The molecule has 0 saturated carbocycles. The summed E-state index contributed by atoms with van der Waals surface area (Å²) in [4.78, 5) is 0. The molecule has 0 aromatic heterocycles. The van der Waals surface area contributed by atoms with Gasteiger partial charge in [-0.1, -0.05) is 26.8 Å². The predicted molar refractivity (Wildman–Crippen MR) is 90.3 cm³/mol. The van der Waals surface area contributed by atoms with Crippen molar-refractivity contribution in [3.05, 3.63) is 35.1 Å². The number of rotatable bonds is 4. The van der Waals surface area contributed by atoms with Crippen LogP contribution in [-0.4, -0.2) is 28.0 Å². The van der Waals surface area contributed by atoms with Crippen LogP contribution in [0.3, 0.4) is 0 Å². The average molecular weight is 314 g/mol. The Morgan fingerprint density at radius 3 is 2.70 bits per heavy atom. The third kappa shape index (κ3) is 3.71. The molecule has 0 spiro atoms. The first-order chi connectivity index (χ1) is 9.52. The molecule has 2 rings (SSSR count). The van der Waals surface area contributed by atoms with Crippen molar-refractivity contribution in [2.24, 2.45) is 0 Å². The topological polar surface area (TPSA) is 12.0 Å². The molecule has 1 aliphatic rings. The van der Waals surface area contributed by atoms with Crippen molar-refractivity contribution < 1.29 is 4.39 Å². The maximum absolute atomic E-state index is 13.3. The van der Waals surface area contributed by atoms with E-state index in [0.29, 0.717) is 21.8 Å². The Labute approximate surface area is 130 Å². The number of halogens is 1. The highest BCUT2D eigenvalue weighted by molar-refractivity contribution is 8.07. The molecule has 1 nitrogen and oxygen atoms in total. The van der Waals surface area contributed by atoms with E-state index in [-0.39, 0.29) is 5.82 Å². The number of nitrogens with one attached hydrogen (secondary N) is 1. The number of aryl methyl sites for hydroxylation is 1. The Hall–Kier alpha value is -0.190. The van der Waals surface area contributed by atoms with Gasteiger partial charge >= 0.3 is 0 Å². The van der Waals surface area contributed by atoms with Crippen LogP contribution in [0, 0.1) is 12.7 Å². The molecule has 1 fully saturated rings. The quantitative estimate of drug-likeness (QED) is 0.884. The fourth-order valence-electron chi connectivity index (χ4n) is 2.63. The van der Waals surface area contributed by atoms with E-state index in [4.69, 9.17) is 0 Å². The van der Waals surface area contributed by atoms with Crippen molar-refractivity contribution in [2.45, 2.75) is 49.5 Å². The molecule has 4 unspecified atom stereocenters. The van der Waals surface area contributed by atoms with Crippen molar-refractivity contribution in [1.29, 1.82) is 0 Å². The number of thioether (sulfide) groups is 2. The zero-order valence-electron chi connectivity index (χ0n) is 12.7. The van der Waals surface area contributed by atoms with Gasteiger partial charge in [-0.15, -0.1) is 0 Å². The Balaban J connectivity index is 2.22. The summed E-state index contributed by atoms with van der Waals surface area (Å²) in [5.41, 5.74) is 2.29.